The molecule has 2 aromatic rings. The Balaban J connectivity index is 2.02. The molecular weight excluding hydrogens is 378 g/mol. The molecule has 1 amide bonds. The molecule has 2 aromatic carbocycles. The van der Waals surface area contributed by atoms with Crippen LogP contribution in [0.1, 0.15) is 30.0 Å². The number of anilines is 1. The van der Waals surface area contributed by atoms with Gasteiger partial charge in [0.15, 0.2) is 15.1 Å². The van der Waals surface area contributed by atoms with Crippen LogP contribution in [0.25, 0.3) is 0 Å². The van der Waals surface area contributed by atoms with Crippen LogP contribution in [-0.4, -0.2) is 36.4 Å². The summed E-state index contributed by atoms with van der Waals surface area (Å²) in [5.74, 6) is -3.05. The molecule has 0 saturated carbocycles. The average molecular weight is 404 g/mol. The number of aliphatic carboxylic acids is 1. The smallest absolute Gasteiger partial charge is 0.321 e. The van der Waals surface area contributed by atoms with E-state index < -0.39 is 32.7 Å². The summed E-state index contributed by atoms with van der Waals surface area (Å²) in [6.07, 6.45) is 1.07. The zero-order valence-electron chi connectivity index (χ0n) is 16.0. The number of carbonyl (C=O) groups is 2. The van der Waals surface area contributed by atoms with Crippen LogP contribution in [0.3, 0.4) is 0 Å². The maximum Gasteiger partial charge on any atom is 0.321 e. The zero-order chi connectivity index (χ0) is 20.7. The van der Waals surface area contributed by atoms with Crippen LogP contribution < -0.4 is 5.32 Å². The van der Waals surface area contributed by atoms with Gasteiger partial charge in [-0.05, 0) is 49.4 Å². The molecule has 2 N–H and O–H groups in total. The number of nitrogens with one attached hydrogen (secondary N) is 1. The van der Waals surface area contributed by atoms with Crippen molar-refractivity contribution in [1.29, 1.82) is 0 Å². The third kappa shape index (κ3) is 6.20. The van der Waals surface area contributed by atoms with E-state index in [1.807, 2.05) is 50.2 Å². The Labute approximate surface area is 165 Å². The van der Waals surface area contributed by atoms with Crippen molar-refractivity contribution in [3.05, 3.63) is 65.2 Å². The second kappa shape index (κ2) is 9.50. The van der Waals surface area contributed by atoms with Gasteiger partial charge >= 0.3 is 5.97 Å². The van der Waals surface area contributed by atoms with Crippen molar-refractivity contribution in [3.63, 3.8) is 0 Å². The zero-order valence-corrected chi connectivity index (χ0v) is 16.8. The van der Waals surface area contributed by atoms with Crippen LogP contribution in [0.4, 0.5) is 5.69 Å². The topological polar surface area (TPSA) is 101 Å². The number of hydrogen-bond acceptors (Lipinski definition) is 4. The number of carboxylic acid groups (broad SMARTS) is 1. The molecule has 0 aliphatic carbocycles. The number of amides is 1. The fourth-order valence-corrected chi connectivity index (χ4v) is 4.24. The van der Waals surface area contributed by atoms with E-state index in [1.54, 1.807) is 12.1 Å². The number of hydrogen-bond donors (Lipinski definition) is 2. The highest BCUT2D eigenvalue weighted by Gasteiger charge is 2.34. The largest absolute Gasteiger partial charge is 0.480 e. The van der Waals surface area contributed by atoms with Gasteiger partial charge in [0, 0.05) is 5.69 Å². The van der Waals surface area contributed by atoms with Crippen LogP contribution in [0.15, 0.2) is 48.5 Å². The van der Waals surface area contributed by atoms with E-state index in [4.69, 9.17) is 0 Å². The lowest BCUT2D eigenvalue weighted by molar-refractivity contribution is -0.136. The summed E-state index contributed by atoms with van der Waals surface area (Å²) in [5.41, 5.74) is 3.49. The lowest BCUT2D eigenvalue weighted by atomic mass is 10.1. The third-order valence-electron chi connectivity index (χ3n) is 4.50. The summed E-state index contributed by atoms with van der Waals surface area (Å²) in [6.45, 7) is 3.94. The van der Waals surface area contributed by atoms with Gasteiger partial charge in [-0.2, -0.15) is 0 Å². The summed E-state index contributed by atoms with van der Waals surface area (Å²) < 4.78 is 25.0. The Hall–Kier alpha value is -2.67. The van der Waals surface area contributed by atoms with Crippen molar-refractivity contribution >= 4 is 27.4 Å². The lowest BCUT2D eigenvalue weighted by Gasteiger charge is -2.14. The second-order valence-electron chi connectivity index (χ2n) is 6.76. The molecule has 2 rings (SSSR count). The van der Waals surface area contributed by atoms with Gasteiger partial charge in [-0.15, -0.1) is 0 Å². The molecule has 1 unspecified atom stereocenters. The molecule has 0 bridgehead atoms. The highest BCUT2D eigenvalue weighted by atomic mass is 32.2. The Morgan fingerprint density at radius 3 is 2.11 bits per heavy atom. The number of sulfone groups is 1. The Kier molecular flexibility index (Phi) is 7.34. The number of carbonyl (C=O) groups excluding carboxylic acids is 1. The van der Waals surface area contributed by atoms with Gasteiger partial charge in [-0.1, -0.05) is 48.9 Å². The van der Waals surface area contributed by atoms with Crippen molar-refractivity contribution in [2.75, 3.05) is 11.1 Å². The van der Waals surface area contributed by atoms with Crippen molar-refractivity contribution in [3.8, 4) is 0 Å². The van der Waals surface area contributed by atoms with E-state index >= 15 is 0 Å². The number of aryl methyl sites for hydroxylation is 3. The SMILES string of the molecule is CCc1ccc(NC(=O)CS(=O)(=O)C(CCc2ccc(C)cc2)C(=O)O)cc1. The highest BCUT2D eigenvalue weighted by Crippen LogP contribution is 2.15. The first-order valence-electron chi connectivity index (χ1n) is 9.10. The van der Waals surface area contributed by atoms with Crippen LogP contribution in [0.2, 0.25) is 0 Å². The van der Waals surface area contributed by atoms with E-state index in [2.05, 4.69) is 5.32 Å². The van der Waals surface area contributed by atoms with E-state index in [9.17, 15) is 23.1 Å². The molecule has 0 fully saturated rings. The minimum atomic E-state index is -4.14. The van der Waals surface area contributed by atoms with Crippen LogP contribution in [0, 0.1) is 6.92 Å². The summed E-state index contributed by atoms with van der Waals surface area (Å²) in [6, 6.07) is 14.5. The first-order valence-corrected chi connectivity index (χ1v) is 10.8. The van der Waals surface area contributed by atoms with Crippen LogP contribution in [0.5, 0.6) is 0 Å². The van der Waals surface area contributed by atoms with Gasteiger partial charge in [-0.25, -0.2) is 8.42 Å². The Morgan fingerprint density at radius 1 is 1.00 bits per heavy atom. The predicted octanol–water partition coefficient (Wildman–Crippen LogP) is 3.00. The third-order valence-corrected chi connectivity index (χ3v) is 6.47. The van der Waals surface area contributed by atoms with Crippen molar-refractivity contribution in [2.24, 2.45) is 0 Å². The molecule has 0 saturated heterocycles. The molecule has 0 spiro atoms. The maximum atomic E-state index is 12.5. The fraction of sp³-hybridized carbons (Fsp3) is 0.333. The maximum absolute atomic E-state index is 12.5. The Bertz CT molecular complexity index is 918. The van der Waals surface area contributed by atoms with Gasteiger partial charge in [0.1, 0.15) is 5.75 Å². The first-order chi connectivity index (χ1) is 13.2. The molecule has 0 aliphatic heterocycles. The minimum absolute atomic E-state index is 0.0841. The normalized spacial score (nSPS) is 12.4. The molecule has 0 heterocycles. The monoisotopic (exact) mass is 403 g/mol. The number of benzene rings is 2. The van der Waals surface area contributed by atoms with Crippen molar-refractivity contribution in [1.82, 2.24) is 0 Å². The summed E-state index contributed by atoms with van der Waals surface area (Å²) in [7, 11) is -4.14. The van der Waals surface area contributed by atoms with Gasteiger partial charge in [0.25, 0.3) is 0 Å². The molecule has 150 valence electrons. The van der Waals surface area contributed by atoms with E-state index in [0.29, 0.717) is 12.1 Å². The van der Waals surface area contributed by atoms with Gasteiger partial charge in [-0.3, -0.25) is 9.59 Å². The predicted molar refractivity (Wildman–Crippen MR) is 109 cm³/mol. The quantitative estimate of drug-likeness (QED) is 0.670. The summed E-state index contributed by atoms with van der Waals surface area (Å²) in [5, 5.41) is 10.3. The van der Waals surface area contributed by atoms with E-state index in [0.717, 1.165) is 23.1 Å². The molecule has 0 aliphatic rings. The fourth-order valence-electron chi connectivity index (χ4n) is 2.81. The molecule has 6 nitrogen and oxygen atoms in total. The summed E-state index contributed by atoms with van der Waals surface area (Å²) in [4.78, 5) is 23.7. The highest BCUT2D eigenvalue weighted by molar-refractivity contribution is 7.93. The van der Waals surface area contributed by atoms with Crippen molar-refractivity contribution < 1.29 is 23.1 Å². The standard InChI is InChI=1S/C21H25NO5S/c1-3-16-8-11-18(12-9-16)22-20(23)14-28(26,27)19(21(24)25)13-10-17-6-4-15(2)5-7-17/h4-9,11-12,19H,3,10,13-14H2,1-2H3,(H,22,23)(H,24,25). The lowest BCUT2D eigenvalue weighted by Crippen LogP contribution is -2.36. The Morgan fingerprint density at radius 2 is 1.57 bits per heavy atom. The molecule has 0 aromatic heterocycles. The molecule has 28 heavy (non-hydrogen) atoms. The molecule has 1 atom stereocenters. The van der Waals surface area contributed by atoms with Crippen molar-refractivity contribution in [2.45, 2.75) is 38.4 Å². The van der Waals surface area contributed by atoms with Gasteiger partial charge < -0.3 is 10.4 Å². The number of carboxylic acids is 1. The molecular formula is C21H25NO5S. The van der Waals surface area contributed by atoms with Gasteiger partial charge in [0.2, 0.25) is 5.91 Å². The molecule has 7 heteroatoms. The van der Waals surface area contributed by atoms with Gasteiger partial charge in [0.05, 0.1) is 0 Å². The molecule has 0 radical (unpaired) electrons. The van der Waals surface area contributed by atoms with Crippen LogP contribution >= 0.6 is 0 Å². The average Bonchev–Trinajstić information content (AvgIpc) is 2.63. The van der Waals surface area contributed by atoms with E-state index in [1.165, 1.54) is 0 Å². The summed E-state index contributed by atoms with van der Waals surface area (Å²) >= 11 is 0. The number of rotatable bonds is 9. The second-order valence-corrected chi connectivity index (χ2v) is 8.94. The first kappa shape index (κ1) is 21.6. The van der Waals surface area contributed by atoms with E-state index in [-0.39, 0.29) is 6.42 Å². The minimum Gasteiger partial charge on any atom is -0.480 e. The van der Waals surface area contributed by atoms with Crippen LogP contribution in [-0.2, 0) is 32.3 Å².